The van der Waals surface area contributed by atoms with E-state index in [0.29, 0.717) is 13.1 Å². The second kappa shape index (κ2) is 7.02. The second-order valence-corrected chi connectivity index (χ2v) is 5.30. The molecular weight excluding hydrogens is 266 g/mol. The first-order valence-electron chi connectivity index (χ1n) is 7.21. The van der Waals surface area contributed by atoms with Gasteiger partial charge in [-0.1, -0.05) is 6.07 Å². The van der Waals surface area contributed by atoms with Crippen molar-refractivity contribution in [3.05, 3.63) is 35.7 Å². The smallest absolute Gasteiger partial charge is 0.246 e. The predicted octanol–water partition coefficient (Wildman–Crippen LogP) is 1.39. The minimum absolute atomic E-state index is 0.0132. The Bertz CT molecular complexity index is 537. The molecule has 5 heteroatoms. The summed E-state index contributed by atoms with van der Waals surface area (Å²) in [5, 5.41) is 2.65. The molecule has 2 rings (SSSR count). The van der Waals surface area contributed by atoms with Crippen LogP contribution in [-0.2, 0) is 9.59 Å². The molecule has 1 aromatic rings. The van der Waals surface area contributed by atoms with Crippen molar-refractivity contribution in [2.75, 3.05) is 20.1 Å². The van der Waals surface area contributed by atoms with Gasteiger partial charge >= 0.3 is 0 Å². The fraction of sp³-hybridized carbons (Fsp3) is 0.438. The number of carbonyl (C=O) groups excluding carboxylic acids is 2. The van der Waals surface area contributed by atoms with Crippen molar-refractivity contribution < 1.29 is 9.59 Å². The summed E-state index contributed by atoms with van der Waals surface area (Å²) in [5.74, 6) is -0.134. The molecular formula is C16H21N3O2. The third kappa shape index (κ3) is 4.15. The molecule has 1 aliphatic heterocycles. The molecule has 0 bridgehead atoms. The molecule has 1 aromatic heterocycles. The van der Waals surface area contributed by atoms with Gasteiger partial charge in [0.2, 0.25) is 11.8 Å². The van der Waals surface area contributed by atoms with E-state index in [4.69, 9.17) is 0 Å². The molecule has 21 heavy (non-hydrogen) atoms. The minimum atomic E-state index is -0.0952. The van der Waals surface area contributed by atoms with Crippen LogP contribution in [0.4, 0.5) is 0 Å². The third-order valence-electron chi connectivity index (χ3n) is 3.70. The van der Waals surface area contributed by atoms with E-state index in [1.54, 1.807) is 30.3 Å². The van der Waals surface area contributed by atoms with E-state index in [2.05, 4.69) is 10.3 Å². The van der Waals surface area contributed by atoms with Crippen molar-refractivity contribution >= 4 is 17.9 Å². The molecule has 1 aliphatic rings. The highest BCUT2D eigenvalue weighted by Crippen LogP contribution is 2.17. The average molecular weight is 287 g/mol. The predicted molar refractivity (Wildman–Crippen MR) is 81.4 cm³/mol. The number of hydrogen-bond donors (Lipinski definition) is 1. The van der Waals surface area contributed by atoms with Gasteiger partial charge in [0.15, 0.2) is 0 Å². The summed E-state index contributed by atoms with van der Waals surface area (Å²) < 4.78 is 0. The van der Waals surface area contributed by atoms with Gasteiger partial charge in [-0.2, -0.15) is 0 Å². The van der Waals surface area contributed by atoms with Gasteiger partial charge in [0, 0.05) is 38.1 Å². The topological polar surface area (TPSA) is 62.3 Å². The van der Waals surface area contributed by atoms with Crippen molar-refractivity contribution in [2.45, 2.75) is 19.8 Å². The summed E-state index contributed by atoms with van der Waals surface area (Å²) in [6.45, 7) is 3.13. The van der Waals surface area contributed by atoms with Crippen LogP contribution in [-0.4, -0.2) is 41.8 Å². The lowest BCUT2D eigenvalue weighted by atomic mass is 9.97. The highest BCUT2D eigenvalue weighted by molar-refractivity contribution is 5.92. The van der Waals surface area contributed by atoms with Crippen LogP contribution >= 0.6 is 0 Å². The first-order valence-corrected chi connectivity index (χ1v) is 7.21. The first-order chi connectivity index (χ1) is 10.1. The molecule has 2 amide bonds. The number of aryl methyl sites for hydroxylation is 1. The van der Waals surface area contributed by atoms with Crippen molar-refractivity contribution in [3.8, 4) is 0 Å². The zero-order chi connectivity index (χ0) is 15.2. The molecule has 5 nitrogen and oxygen atoms in total. The van der Waals surface area contributed by atoms with Gasteiger partial charge in [-0.15, -0.1) is 0 Å². The molecule has 2 heterocycles. The number of nitrogens with one attached hydrogen (secondary N) is 1. The molecule has 0 aromatic carbocycles. The maximum Gasteiger partial charge on any atom is 0.246 e. The first kappa shape index (κ1) is 15.2. The van der Waals surface area contributed by atoms with Crippen LogP contribution in [0.2, 0.25) is 0 Å². The van der Waals surface area contributed by atoms with Crippen LogP contribution in [0.5, 0.6) is 0 Å². The minimum Gasteiger partial charge on any atom is -0.359 e. The summed E-state index contributed by atoms with van der Waals surface area (Å²) in [5.41, 5.74) is 1.84. The van der Waals surface area contributed by atoms with E-state index in [-0.39, 0.29) is 17.7 Å². The Kier molecular flexibility index (Phi) is 5.09. The molecule has 1 unspecified atom stereocenters. The van der Waals surface area contributed by atoms with Crippen LogP contribution in [0.15, 0.2) is 24.4 Å². The lowest BCUT2D eigenvalue weighted by Gasteiger charge is -2.31. The average Bonchev–Trinajstić information content (AvgIpc) is 2.53. The number of aromatic nitrogens is 1. The molecule has 1 saturated heterocycles. The number of carbonyl (C=O) groups is 2. The van der Waals surface area contributed by atoms with Crippen molar-refractivity contribution in [1.29, 1.82) is 0 Å². The Labute approximate surface area is 125 Å². The van der Waals surface area contributed by atoms with Gasteiger partial charge in [-0.05, 0) is 37.5 Å². The largest absolute Gasteiger partial charge is 0.359 e. The number of rotatable bonds is 3. The Hall–Kier alpha value is -2.17. The number of likely N-dealkylation sites (tertiary alicyclic amines) is 1. The van der Waals surface area contributed by atoms with Crippen LogP contribution in [0.25, 0.3) is 6.08 Å². The molecule has 112 valence electrons. The van der Waals surface area contributed by atoms with Crippen molar-refractivity contribution in [3.63, 3.8) is 0 Å². The Morgan fingerprint density at radius 1 is 1.43 bits per heavy atom. The summed E-state index contributed by atoms with van der Waals surface area (Å²) in [7, 11) is 1.63. The summed E-state index contributed by atoms with van der Waals surface area (Å²) in [6.07, 6.45) is 6.76. The quantitative estimate of drug-likeness (QED) is 0.855. The van der Waals surface area contributed by atoms with Gasteiger partial charge in [-0.25, -0.2) is 0 Å². The molecule has 0 saturated carbocycles. The lowest BCUT2D eigenvalue weighted by molar-refractivity contribution is -0.131. The molecule has 0 radical (unpaired) electrons. The Morgan fingerprint density at radius 2 is 2.24 bits per heavy atom. The van der Waals surface area contributed by atoms with Crippen molar-refractivity contribution in [2.24, 2.45) is 5.92 Å². The van der Waals surface area contributed by atoms with Crippen molar-refractivity contribution in [1.82, 2.24) is 15.2 Å². The van der Waals surface area contributed by atoms with Crippen LogP contribution in [0.3, 0.4) is 0 Å². The van der Waals surface area contributed by atoms with Gasteiger partial charge in [-0.3, -0.25) is 14.6 Å². The maximum absolute atomic E-state index is 12.2. The van der Waals surface area contributed by atoms with E-state index in [0.717, 1.165) is 24.1 Å². The van der Waals surface area contributed by atoms with E-state index in [1.165, 1.54) is 0 Å². The Balaban J connectivity index is 1.96. The number of piperidine rings is 1. The van der Waals surface area contributed by atoms with Gasteiger partial charge < -0.3 is 10.2 Å². The van der Waals surface area contributed by atoms with E-state index < -0.39 is 0 Å². The second-order valence-electron chi connectivity index (χ2n) is 5.30. The lowest BCUT2D eigenvalue weighted by Crippen LogP contribution is -2.44. The van der Waals surface area contributed by atoms with Gasteiger partial charge in [0.1, 0.15) is 0 Å². The monoisotopic (exact) mass is 287 g/mol. The van der Waals surface area contributed by atoms with Gasteiger partial charge in [0.25, 0.3) is 0 Å². The molecule has 1 fully saturated rings. The van der Waals surface area contributed by atoms with E-state index in [9.17, 15) is 9.59 Å². The molecule has 1 atom stereocenters. The highest BCUT2D eigenvalue weighted by Gasteiger charge is 2.26. The zero-order valence-electron chi connectivity index (χ0n) is 12.5. The van der Waals surface area contributed by atoms with Crippen LogP contribution < -0.4 is 5.32 Å². The number of nitrogens with zero attached hydrogens (tertiary/aromatic N) is 2. The number of pyridine rings is 1. The SMILES string of the molecule is CNC(=O)C1CCCN(C(=O)C=Cc2ccc(C)nc2)C1. The summed E-state index contributed by atoms with van der Waals surface area (Å²) in [4.78, 5) is 29.8. The zero-order valence-corrected chi connectivity index (χ0v) is 12.5. The highest BCUT2D eigenvalue weighted by atomic mass is 16.2. The maximum atomic E-state index is 12.2. The number of hydrogen-bond acceptors (Lipinski definition) is 3. The number of amides is 2. The standard InChI is InChI=1S/C16H21N3O2/c1-12-5-6-13(10-18-12)7-8-15(20)19-9-3-4-14(11-19)16(21)17-2/h5-8,10,14H,3-4,9,11H2,1-2H3,(H,17,21). The van der Waals surface area contributed by atoms with Gasteiger partial charge in [0.05, 0.1) is 5.92 Å². The molecule has 0 aliphatic carbocycles. The molecule has 0 spiro atoms. The van der Waals surface area contributed by atoms with Crippen LogP contribution in [0.1, 0.15) is 24.1 Å². The van der Waals surface area contributed by atoms with Crippen LogP contribution in [0, 0.1) is 12.8 Å². The van der Waals surface area contributed by atoms with E-state index >= 15 is 0 Å². The fourth-order valence-corrected chi connectivity index (χ4v) is 2.45. The van der Waals surface area contributed by atoms with E-state index in [1.807, 2.05) is 19.1 Å². The third-order valence-corrected chi connectivity index (χ3v) is 3.70. The fourth-order valence-electron chi connectivity index (χ4n) is 2.45. The summed E-state index contributed by atoms with van der Waals surface area (Å²) in [6, 6.07) is 3.84. The molecule has 1 N–H and O–H groups in total. The normalized spacial score (nSPS) is 18.8. The summed E-state index contributed by atoms with van der Waals surface area (Å²) >= 11 is 0. The Morgan fingerprint density at radius 3 is 2.90 bits per heavy atom.